The van der Waals surface area contributed by atoms with Crippen molar-refractivity contribution in [2.75, 3.05) is 26.7 Å². The van der Waals surface area contributed by atoms with Gasteiger partial charge in [-0.3, -0.25) is 4.79 Å². The zero-order valence-corrected chi connectivity index (χ0v) is 9.74. The summed E-state index contributed by atoms with van der Waals surface area (Å²) in [5, 5.41) is 0. The normalized spacial score (nSPS) is 23.1. The quantitative estimate of drug-likeness (QED) is 0.729. The molecule has 1 fully saturated rings. The zero-order valence-electron chi connectivity index (χ0n) is 9.74. The Balaban J connectivity index is 2.42. The molecule has 0 saturated carbocycles. The van der Waals surface area contributed by atoms with Crippen molar-refractivity contribution in [1.29, 1.82) is 0 Å². The number of carbonyl (C=O) groups is 1. The second kappa shape index (κ2) is 6.08. The van der Waals surface area contributed by atoms with Gasteiger partial charge in [0.05, 0.1) is 0 Å². The summed E-state index contributed by atoms with van der Waals surface area (Å²) in [6, 6.07) is 0. The Kier molecular flexibility index (Phi) is 5.05. The summed E-state index contributed by atoms with van der Waals surface area (Å²) in [7, 11) is 1.54. The fourth-order valence-corrected chi connectivity index (χ4v) is 2.18. The molecule has 0 aromatic rings. The van der Waals surface area contributed by atoms with E-state index in [2.05, 4.69) is 6.92 Å². The number of carbonyl (C=O) groups excluding carboxylic acids is 1. The molecule has 2 atom stereocenters. The lowest BCUT2D eigenvalue weighted by atomic mass is 10.0. The van der Waals surface area contributed by atoms with Crippen LogP contribution in [-0.2, 0) is 9.53 Å². The minimum absolute atomic E-state index is 0.0543. The van der Waals surface area contributed by atoms with Crippen LogP contribution in [0, 0.1) is 5.92 Å². The van der Waals surface area contributed by atoms with Gasteiger partial charge < -0.3 is 15.4 Å². The topological polar surface area (TPSA) is 55.6 Å². The third-order valence-corrected chi connectivity index (χ3v) is 3.07. The lowest BCUT2D eigenvalue weighted by Gasteiger charge is -2.21. The first-order valence-electron chi connectivity index (χ1n) is 5.74. The molecule has 0 aromatic heterocycles. The van der Waals surface area contributed by atoms with Crippen molar-refractivity contribution in [2.24, 2.45) is 11.7 Å². The van der Waals surface area contributed by atoms with E-state index < -0.39 is 6.10 Å². The van der Waals surface area contributed by atoms with Crippen LogP contribution in [0.5, 0.6) is 0 Å². The van der Waals surface area contributed by atoms with Gasteiger partial charge in [-0.2, -0.15) is 0 Å². The summed E-state index contributed by atoms with van der Waals surface area (Å²) in [5.41, 5.74) is 5.47. The standard InChI is InChI=1S/C11H22N2O2/c1-3-4-9-5-6-13(8-9)11(14)10(7-12)15-2/h9-10H,3-8,12H2,1-2H3. The van der Waals surface area contributed by atoms with Crippen LogP contribution in [0.3, 0.4) is 0 Å². The Morgan fingerprint density at radius 2 is 2.40 bits per heavy atom. The third kappa shape index (κ3) is 3.18. The highest BCUT2D eigenvalue weighted by Gasteiger charge is 2.29. The second-order valence-electron chi connectivity index (χ2n) is 4.19. The van der Waals surface area contributed by atoms with Crippen LogP contribution in [-0.4, -0.2) is 43.7 Å². The molecule has 0 bridgehead atoms. The van der Waals surface area contributed by atoms with Crippen LogP contribution in [0.2, 0.25) is 0 Å². The molecule has 2 unspecified atom stereocenters. The van der Waals surface area contributed by atoms with Crippen molar-refractivity contribution in [1.82, 2.24) is 4.90 Å². The predicted molar refractivity (Wildman–Crippen MR) is 59.4 cm³/mol. The van der Waals surface area contributed by atoms with Gasteiger partial charge in [0.25, 0.3) is 5.91 Å². The summed E-state index contributed by atoms with van der Waals surface area (Å²) in [5.74, 6) is 0.729. The van der Waals surface area contributed by atoms with Gasteiger partial charge in [-0.15, -0.1) is 0 Å². The molecule has 2 N–H and O–H groups in total. The lowest BCUT2D eigenvalue weighted by Crippen LogP contribution is -2.42. The lowest BCUT2D eigenvalue weighted by molar-refractivity contribution is -0.140. The Bertz CT molecular complexity index is 205. The van der Waals surface area contributed by atoms with E-state index in [9.17, 15) is 4.79 Å². The number of methoxy groups -OCH3 is 1. The molecule has 1 aliphatic rings. The van der Waals surface area contributed by atoms with E-state index in [0.29, 0.717) is 5.92 Å². The van der Waals surface area contributed by atoms with E-state index in [-0.39, 0.29) is 12.5 Å². The van der Waals surface area contributed by atoms with E-state index in [4.69, 9.17) is 10.5 Å². The van der Waals surface area contributed by atoms with Crippen LogP contribution in [0.1, 0.15) is 26.2 Å². The van der Waals surface area contributed by atoms with Crippen LogP contribution in [0.25, 0.3) is 0 Å². The SMILES string of the molecule is CCCC1CCN(C(=O)C(CN)OC)C1. The zero-order chi connectivity index (χ0) is 11.3. The van der Waals surface area contributed by atoms with Gasteiger partial charge in [-0.1, -0.05) is 13.3 Å². The summed E-state index contributed by atoms with van der Waals surface area (Å²) in [6.45, 7) is 4.20. The highest BCUT2D eigenvalue weighted by Crippen LogP contribution is 2.21. The molecule has 0 aromatic carbocycles. The molecule has 0 radical (unpaired) electrons. The van der Waals surface area contributed by atoms with Gasteiger partial charge in [0.1, 0.15) is 6.10 Å². The van der Waals surface area contributed by atoms with Gasteiger partial charge in [0.15, 0.2) is 0 Å². The van der Waals surface area contributed by atoms with Crippen molar-refractivity contribution in [2.45, 2.75) is 32.3 Å². The van der Waals surface area contributed by atoms with E-state index in [0.717, 1.165) is 19.5 Å². The van der Waals surface area contributed by atoms with Crippen molar-refractivity contribution in [3.05, 3.63) is 0 Å². The van der Waals surface area contributed by atoms with Crippen molar-refractivity contribution >= 4 is 5.91 Å². The Morgan fingerprint density at radius 3 is 2.93 bits per heavy atom. The highest BCUT2D eigenvalue weighted by atomic mass is 16.5. The number of nitrogens with two attached hydrogens (primary N) is 1. The van der Waals surface area contributed by atoms with Crippen molar-refractivity contribution in [3.63, 3.8) is 0 Å². The number of ether oxygens (including phenoxy) is 1. The molecular formula is C11H22N2O2. The average molecular weight is 214 g/mol. The van der Waals surface area contributed by atoms with Gasteiger partial charge in [-0.25, -0.2) is 0 Å². The molecule has 15 heavy (non-hydrogen) atoms. The Labute approximate surface area is 91.8 Å². The first kappa shape index (κ1) is 12.5. The Hall–Kier alpha value is -0.610. The summed E-state index contributed by atoms with van der Waals surface area (Å²) >= 11 is 0. The van der Waals surface area contributed by atoms with Gasteiger partial charge >= 0.3 is 0 Å². The number of hydrogen-bond donors (Lipinski definition) is 1. The molecule has 1 rings (SSSR count). The molecule has 88 valence electrons. The highest BCUT2D eigenvalue weighted by molar-refractivity contribution is 5.81. The van der Waals surface area contributed by atoms with Gasteiger partial charge in [0.2, 0.25) is 0 Å². The first-order chi connectivity index (χ1) is 7.22. The molecule has 1 heterocycles. The number of likely N-dealkylation sites (tertiary alicyclic amines) is 1. The number of nitrogens with zero attached hydrogens (tertiary/aromatic N) is 1. The summed E-state index contributed by atoms with van der Waals surface area (Å²) < 4.78 is 5.05. The van der Waals surface area contributed by atoms with Gasteiger partial charge in [-0.05, 0) is 18.8 Å². The van der Waals surface area contributed by atoms with E-state index in [1.165, 1.54) is 20.0 Å². The van der Waals surface area contributed by atoms with Crippen molar-refractivity contribution < 1.29 is 9.53 Å². The largest absolute Gasteiger partial charge is 0.370 e. The summed E-state index contributed by atoms with van der Waals surface area (Å²) in [4.78, 5) is 13.8. The molecule has 1 amide bonds. The van der Waals surface area contributed by atoms with E-state index in [1.807, 2.05) is 4.90 Å². The number of rotatable bonds is 5. The fraction of sp³-hybridized carbons (Fsp3) is 0.909. The summed E-state index contributed by atoms with van der Waals surface area (Å²) in [6.07, 6.45) is 3.08. The molecule has 4 nitrogen and oxygen atoms in total. The molecule has 1 aliphatic heterocycles. The first-order valence-corrected chi connectivity index (χ1v) is 5.74. The van der Waals surface area contributed by atoms with Crippen LogP contribution in [0.4, 0.5) is 0 Å². The van der Waals surface area contributed by atoms with Crippen LogP contribution >= 0.6 is 0 Å². The maximum Gasteiger partial charge on any atom is 0.253 e. The molecule has 0 spiro atoms. The molecule has 0 aliphatic carbocycles. The van der Waals surface area contributed by atoms with Gasteiger partial charge in [0, 0.05) is 26.7 Å². The van der Waals surface area contributed by atoms with Crippen molar-refractivity contribution in [3.8, 4) is 0 Å². The average Bonchev–Trinajstić information content (AvgIpc) is 2.68. The minimum Gasteiger partial charge on any atom is -0.370 e. The number of hydrogen-bond acceptors (Lipinski definition) is 3. The molecule has 4 heteroatoms. The van der Waals surface area contributed by atoms with Crippen LogP contribution < -0.4 is 5.73 Å². The third-order valence-electron chi connectivity index (χ3n) is 3.07. The monoisotopic (exact) mass is 214 g/mol. The second-order valence-corrected chi connectivity index (χ2v) is 4.19. The van der Waals surface area contributed by atoms with E-state index >= 15 is 0 Å². The molecule has 1 saturated heterocycles. The maximum atomic E-state index is 11.9. The maximum absolute atomic E-state index is 11.9. The Morgan fingerprint density at radius 1 is 1.67 bits per heavy atom. The minimum atomic E-state index is -0.453. The number of amides is 1. The fourth-order valence-electron chi connectivity index (χ4n) is 2.18. The smallest absolute Gasteiger partial charge is 0.253 e. The predicted octanol–water partition coefficient (Wildman–Crippen LogP) is 0.609. The van der Waals surface area contributed by atoms with E-state index in [1.54, 1.807) is 0 Å². The van der Waals surface area contributed by atoms with Crippen LogP contribution in [0.15, 0.2) is 0 Å². The molecular weight excluding hydrogens is 192 g/mol.